The molecule has 1 fully saturated rings. The van der Waals surface area contributed by atoms with Crippen LogP contribution in [0.25, 0.3) is 11.2 Å². The minimum absolute atomic E-state index is 0.248. The fraction of sp³-hybridized carbons (Fsp3) is 0.450. The summed E-state index contributed by atoms with van der Waals surface area (Å²) in [6, 6.07) is 3.45. The van der Waals surface area contributed by atoms with E-state index in [1.165, 1.54) is 38.6 Å². The van der Waals surface area contributed by atoms with Crippen LogP contribution < -0.4 is 19.5 Å². The molecule has 16 heteroatoms. The number of nitrogens with one attached hydrogen (secondary N) is 1. The van der Waals surface area contributed by atoms with Gasteiger partial charge in [-0.2, -0.15) is 0 Å². The lowest BCUT2D eigenvalue weighted by atomic mass is 10.1. The zero-order valence-electron chi connectivity index (χ0n) is 19.5. The summed E-state index contributed by atoms with van der Waals surface area (Å²) in [5, 5.41) is 23.9. The highest BCUT2D eigenvalue weighted by Gasteiger charge is 2.45. The summed E-state index contributed by atoms with van der Waals surface area (Å²) < 4.78 is 38.6. The molecule has 0 amide bonds. The Bertz CT molecular complexity index is 1240. The lowest BCUT2D eigenvalue weighted by Gasteiger charge is -2.17. The monoisotopic (exact) mass is 527 g/mol. The van der Waals surface area contributed by atoms with Crippen LogP contribution in [0.1, 0.15) is 11.8 Å². The number of aromatic nitrogens is 4. The normalized spacial score (nSPS) is 22.1. The number of phosphoric ester groups is 1. The summed E-state index contributed by atoms with van der Waals surface area (Å²) in [5.74, 6) is 2.01. The van der Waals surface area contributed by atoms with Crippen LogP contribution in [0.4, 0.5) is 5.82 Å². The molecule has 196 valence electrons. The summed E-state index contributed by atoms with van der Waals surface area (Å²) in [5.41, 5.74) is 1.34. The maximum atomic E-state index is 11.0. The number of fused-ring (bicyclic) bond motifs is 1. The zero-order chi connectivity index (χ0) is 26.0. The quantitative estimate of drug-likeness (QED) is 0.224. The van der Waals surface area contributed by atoms with E-state index < -0.39 is 39.0 Å². The number of benzene rings is 1. The number of rotatable bonds is 10. The van der Waals surface area contributed by atoms with Gasteiger partial charge in [0.2, 0.25) is 0 Å². The molecule has 1 aliphatic rings. The molecule has 3 aromatic rings. The van der Waals surface area contributed by atoms with Crippen LogP contribution in [0.2, 0.25) is 0 Å². The first kappa shape index (κ1) is 26.0. The van der Waals surface area contributed by atoms with Crippen molar-refractivity contribution in [3.8, 4) is 17.2 Å². The number of ether oxygens (including phenoxy) is 4. The molecule has 4 atom stereocenters. The number of phosphoric acid groups is 1. The summed E-state index contributed by atoms with van der Waals surface area (Å²) in [6.07, 6.45) is -2.59. The van der Waals surface area contributed by atoms with Crippen LogP contribution in [0.3, 0.4) is 0 Å². The van der Waals surface area contributed by atoms with Gasteiger partial charge in [0.1, 0.15) is 41.9 Å². The Hall–Kier alpha value is -3.04. The van der Waals surface area contributed by atoms with Crippen LogP contribution in [-0.2, 0) is 20.4 Å². The van der Waals surface area contributed by atoms with E-state index in [1.54, 1.807) is 12.1 Å². The summed E-state index contributed by atoms with van der Waals surface area (Å²) in [6.45, 7) is -0.378. The van der Waals surface area contributed by atoms with Crippen molar-refractivity contribution < 1.29 is 48.0 Å². The molecule has 5 N–H and O–H groups in total. The van der Waals surface area contributed by atoms with Gasteiger partial charge in [-0.05, 0) is 0 Å². The van der Waals surface area contributed by atoms with Gasteiger partial charge in [-0.15, -0.1) is 0 Å². The fourth-order valence-corrected chi connectivity index (χ4v) is 4.20. The molecular weight excluding hydrogens is 501 g/mol. The van der Waals surface area contributed by atoms with Crippen molar-refractivity contribution in [3.05, 3.63) is 30.4 Å². The lowest BCUT2D eigenvalue weighted by molar-refractivity contribution is -0.0504. The third kappa shape index (κ3) is 5.22. The molecule has 4 rings (SSSR count). The molecule has 2 aromatic heterocycles. The minimum Gasteiger partial charge on any atom is -0.496 e. The second kappa shape index (κ2) is 10.5. The Balaban J connectivity index is 1.57. The van der Waals surface area contributed by atoms with Crippen LogP contribution in [-0.4, -0.2) is 85.8 Å². The molecule has 1 aromatic carbocycles. The molecule has 0 aliphatic carbocycles. The van der Waals surface area contributed by atoms with Gasteiger partial charge < -0.3 is 44.3 Å². The second-order valence-corrected chi connectivity index (χ2v) is 8.98. The molecule has 0 radical (unpaired) electrons. The number of anilines is 1. The van der Waals surface area contributed by atoms with Gasteiger partial charge in [-0.3, -0.25) is 9.09 Å². The average molecular weight is 527 g/mol. The first-order chi connectivity index (χ1) is 17.2. The molecule has 0 bridgehead atoms. The van der Waals surface area contributed by atoms with Crippen LogP contribution in [0, 0.1) is 0 Å². The van der Waals surface area contributed by atoms with Crippen molar-refractivity contribution >= 4 is 24.8 Å². The minimum atomic E-state index is -4.79. The van der Waals surface area contributed by atoms with E-state index in [1.807, 2.05) is 0 Å². The second-order valence-electron chi connectivity index (χ2n) is 7.74. The van der Waals surface area contributed by atoms with Crippen LogP contribution in [0.15, 0.2) is 24.8 Å². The van der Waals surface area contributed by atoms with Gasteiger partial charge in [0.15, 0.2) is 23.2 Å². The van der Waals surface area contributed by atoms with Crippen LogP contribution in [0.5, 0.6) is 17.2 Å². The maximum Gasteiger partial charge on any atom is 0.469 e. The van der Waals surface area contributed by atoms with Crippen LogP contribution >= 0.6 is 7.82 Å². The third-order valence-electron chi connectivity index (χ3n) is 5.63. The van der Waals surface area contributed by atoms with Crippen molar-refractivity contribution in [2.45, 2.75) is 31.1 Å². The van der Waals surface area contributed by atoms with Crippen molar-refractivity contribution in [2.24, 2.45) is 0 Å². The summed E-state index contributed by atoms with van der Waals surface area (Å²) >= 11 is 0. The van der Waals surface area contributed by atoms with Crippen molar-refractivity contribution in [1.82, 2.24) is 19.5 Å². The number of hydrogen-bond acceptors (Lipinski definition) is 12. The Labute approximate surface area is 204 Å². The Morgan fingerprint density at radius 1 is 1.06 bits per heavy atom. The summed E-state index contributed by atoms with van der Waals surface area (Å²) in [7, 11) is -0.188. The van der Waals surface area contributed by atoms with Gasteiger partial charge in [0.25, 0.3) is 0 Å². The Morgan fingerprint density at radius 3 is 2.36 bits per heavy atom. The highest BCUT2D eigenvalue weighted by Crippen LogP contribution is 2.39. The van der Waals surface area contributed by atoms with Gasteiger partial charge in [-0.1, -0.05) is 0 Å². The lowest BCUT2D eigenvalue weighted by Crippen LogP contribution is -2.33. The number of aliphatic hydroxyl groups is 2. The molecule has 0 saturated carbocycles. The first-order valence-corrected chi connectivity index (χ1v) is 12.1. The van der Waals surface area contributed by atoms with E-state index in [-0.39, 0.29) is 12.2 Å². The molecule has 15 nitrogen and oxygen atoms in total. The first-order valence-electron chi connectivity index (χ1n) is 10.6. The zero-order valence-corrected chi connectivity index (χ0v) is 20.4. The van der Waals surface area contributed by atoms with Gasteiger partial charge in [0, 0.05) is 18.7 Å². The van der Waals surface area contributed by atoms with Gasteiger partial charge in [0.05, 0.1) is 39.8 Å². The topological polar surface area (TPSA) is 200 Å². The van der Waals surface area contributed by atoms with E-state index >= 15 is 0 Å². The summed E-state index contributed by atoms with van der Waals surface area (Å²) in [4.78, 5) is 30.6. The van der Waals surface area contributed by atoms with E-state index in [0.29, 0.717) is 34.1 Å². The number of hydrogen-bond donors (Lipinski definition) is 5. The maximum absolute atomic E-state index is 11.0. The molecule has 1 saturated heterocycles. The predicted molar refractivity (Wildman–Crippen MR) is 123 cm³/mol. The molecule has 36 heavy (non-hydrogen) atoms. The largest absolute Gasteiger partial charge is 0.496 e. The van der Waals surface area contributed by atoms with E-state index in [2.05, 4.69) is 24.8 Å². The number of nitrogens with zero attached hydrogens (tertiary/aromatic N) is 4. The molecular formula is C20H26N5O10P. The number of aliphatic hydroxyl groups excluding tert-OH is 2. The van der Waals surface area contributed by atoms with Gasteiger partial charge >= 0.3 is 7.82 Å². The standard InChI is InChI=1S/C20H26N5O10P/c1-31-10-4-12(32-2)11(13(5-10)33-3)6-21-18-15-19(23-8-22-18)25(9-24-15)20-17(27)16(26)14(35-20)7-34-36(28,29)30/h4-5,8-9,14,16-17,20,26-27H,6-7H2,1-3H3,(H,21,22,23)(H2,28,29,30)/t14-,16-,17-,20-/m1/s1. The van der Waals surface area contributed by atoms with E-state index in [9.17, 15) is 14.8 Å². The average Bonchev–Trinajstić information content (AvgIpc) is 3.41. The number of imidazole rings is 1. The smallest absolute Gasteiger partial charge is 0.469 e. The molecule has 3 heterocycles. The molecule has 0 spiro atoms. The molecule has 1 aliphatic heterocycles. The van der Waals surface area contributed by atoms with E-state index in [0.717, 1.165) is 0 Å². The predicted octanol–water partition coefficient (Wildman–Crippen LogP) is 0.193. The number of methoxy groups -OCH3 is 3. The van der Waals surface area contributed by atoms with Gasteiger partial charge in [-0.25, -0.2) is 19.5 Å². The van der Waals surface area contributed by atoms with Crippen molar-refractivity contribution in [2.75, 3.05) is 33.3 Å². The fourth-order valence-electron chi connectivity index (χ4n) is 3.86. The van der Waals surface area contributed by atoms with Crippen molar-refractivity contribution in [3.63, 3.8) is 0 Å². The van der Waals surface area contributed by atoms with E-state index in [4.69, 9.17) is 28.7 Å². The van der Waals surface area contributed by atoms with Crippen molar-refractivity contribution in [1.29, 1.82) is 0 Å². The third-order valence-corrected chi connectivity index (χ3v) is 6.11. The Morgan fingerprint density at radius 2 is 1.75 bits per heavy atom. The SMILES string of the molecule is COc1cc(OC)c(CNc2ncnc3c2ncn3[C@@H]2O[C@H](COP(=O)(O)O)[C@@H](O)[C@H]2O)c(OC)c1. The highest BCUT2D eigenvalue weighted by atomic mass is 31.2. The molecule has 0 unspecified atom stereocenters. The highest BCUT2D eigenvalue weighted by molar-refractivity contribution is 7.46. The Kier molecular flexibility index (Phi) is 7.61.